The van der Waals surface area contributed by atoms with E-state index in [1.807, 2.05) is 7.05 Å². The second-order valence-corrected chi connectivity index (χ2v) is 5.92. The van der Waals surface area contributed by atoms with Crippen LogP contribution in [-0.4, -0.2) is 7.05 Å². The van der Waals surface area contributed by atoms with Crippen molar-refractivity contribution in [1.82, 2.24) is 5.32 Å². The van der Waals surface area contributed by atoms with Crippen molar-refractivity contribution in [3.8, 4) is 0 Å². The fourth-order valence-corrected chi connectivity index (χ4v) is 3.13. The molecule has 1 heterocycles. The predicted octanol–water partition coefficient (Wildman–Crippen LogP) is 4.69. The lowest BCUT2D eigenvalue weighted by Crippen LogP contribution is -2.20. The highest BCUT2D eigenvalue weighted by atomic mass is 16.3. The molecule has 1 aromatic heterocycles. The number of hydrogen-bond donors (Lipinski definition) is 1. The molecule has 1 aromatic carbocycles. The van der Waals surface area contributed by atoms with Crippen molar-refractivity contribution >= 4 is 0 Å². The molecule has 2 aromatic rings. The van der Waals surface area contributed by atoms with Crippen molar-refractivity contribution in [3.05, 3.63) is 57.0 Å². The van der Waals surface area contributed by atoms with E-state index in [1.165, 1.54) is 33.4 Å². The van der Waals surface area contributed by atoms with E-state index in [1.54, 1.807) is 0 Å². The van der Waals surface area contributed by atoms with Gasteiger partial charge < -0.3 is 9.73 Å². The molecule has 2 heteroatoms. The number of rotatable bonds is 4. The Bertz CT molecular complexity index is 623. The van der Waals surface area contributed by atoms with Crippen LogP contribution in [0.4, 0.5) is 0 Å². The first-order chi connectivity index (χ1) is 9.92. The molecule has 0 aliphatic heterocycles. The molecular weight excluding hydrogens is 258 g/mol. The molecule has 0 saturated carbocycles. The predicted molar refractivity (Wildman–Crippen MR) is 89.1 cm³/mol. The van der Waals surface area contributed by atoms with Gasteiger partial charge in [-0.25, -0.2) is 0 Å². The molecule has 0 aliphatic rings. The lowest BCUT2D eigenvalue weighted by Gasteiger charge is -2.24. The van der Waals surface area contributed by atoms with E-state index >= 15 is 0 Å². The molecule has 0 spiro atoms. The summed E-state index contributed by atoms with van der Waals surface area (Å²) in [5.41, 5.74) is 8.26. The van der Waals surface area contributed by atoms with Crippen molar-refractivity contribution in [2.24, 2.45) is 0 Å². The smallest absolute Gasteiger partial charge is 0.125 e. The number of aryl methyl sites for hydroxylation is 1. The SMILES string of the molecule is CCc1ccc(C(NC)c2c(C)c(C)c(C)c(C)c2C)o1. The molecule has 1 N–H and O–H groups in total. The molecule has 0 amide bonds. The molecule has 2 rings (SSSR count). The van der Waals surface area contributed by atoms with Crippen LogP contribution in [-0.2, 0) is 6.42 Å². The molecule has 0 saturated heterocycles. The van der Waals surface area contributed by atoms with Gasteiger partial charge in [-0.05, 0) is 87.2 Å². The van der Waals surface area contributed by atoms with Crippen LogP contribution in [0.5, 0.6) is 0 Å². The average Bonchev–Trinajstić information content (AvgIpc) is 2.96. The Morgan fingerprint density at radius 2 is 1.43 bits per heavy atom. The van der Waals surface area contributed by atoms with Crippen molar-refractivity contribution < 1.29 is 4.42 Å². The Hall–Kier alpha value is -1.54. The zero-order valence-corrected chi connectivity index (χ0v) is 14.3. The third-order valence-corrected chi connectivity index (χ3v) is 4.95. The van der Waals surface area contributed by atoms with Crippen LogP contribution in [0.1, 0.15) is 57.9 Å². The third kappa shape index (κ3) is 2.65. The van der Waals surface area contributed by atoms with Gasteiger partial charge >= 0.3 is 0 Å². The van der Waals surface area contributed by atoms with Crippen molar-refractivity contribution in [2.45, 2.75) is 54.0 Å². The van der Waals surface area contributed by atoms with Crippen LogP contribution >= 0.6 is 0 Å². The van der Waals surface area contributed by atoms with Crippen molar-refractivity contribution in [2.75, 3.05) is 7.05 Å². The summed E-state index contributed by atoms with van der Waals surface area (Å²) in [7, 11) is 2.00. The largest absolute Gasteiger partial charge is 0.464 e. The molecule has 0 fully saturated rings. The Morgan fingerprint density at radius 3 is 1.86 bits per heavy atom. The molecule has 114 valence electrons. The minimum Gasteiger partial charge on any atom is -0.464 e. The maximum atomic E-state index is 6.00. The van der Waals surface area contributed by atoms with Crippen LogP contribution in [0.25, 0.3) is 0 Å². The minimum absolute atomic E-state index is 0.114. The normalized spacial score (nSPS) is 12.7. The maximum Gasteiger partial charge on any atom is 0.125 e. The van der Waals surface area contributed by atoms with Gasteiger partial charge in [0, 0.05) is 6.42 Å². The molecule has 21 heavy (non-hydrogen) atoms. The Balaban J connectivity index is 2.62. The monoisotopic (exact) mass is 285 g/mol. The summed E-state index contributed by atoms with van der Waals surface area (Å²) in [5.74, 6) is 2.05. The van der Waals surface area contributed by atoms with E-state index in [0.29, 0.717) is 0 Å². The van der Waals surface area contributed by atoms with Gasteiger partial charge in [-0.1, -0.05) is 6.92 Å². The van der Waals surface area contributed by atoms with Gasteiger partial charge in [0.2, 0.25) is 0 Å². The fourth-order valence-electron chi connectivity index (χ4n) is 3.13. The lowest BCUT2D eigenvalue weighted by atomic mass is 9.85. The summed E-state index contributed by atoms with van der Waals surface area (Å²) in [5, 5.41) is 3.43. The summed E-state index contributed by atoms with van der Waals surface area (Å²) in [6.45, 7) is 13.2. The fraction of sp³-hybridized carbons (Fsp3) is 0.474. The van der Waals surface area contributed by atoms with Crippen molar-refractivity contribution in [1.29, 1.82) is 0 Å². The summed E-state index contributed by atoms with van der Waals surface area (Å²) < 4.78 is 6.00. The second kappa shape index (κ2) is 6.07. The first-order valence-electron chi connectivity index (χ1n) is 7.75. The molecule has 1 unspecified atom stereocenters. The van der Waals surface area contributed by atoms with Crippen LogP contribution in [0, 0.1) is 34.6 Å². The molecule has 0 radical (unpaired) electrons. The highest BCUT2D eigenvalue weighted by molar-refractivity contribution is 5.52. The summed E-state index contributed by atoms with van der Waals surface area (Å²) in [4.78, 5) is 0. The quantitative estimate of drug-likeness (QED) is 0.881. The van der Waals surface area contributed by atoms with Gasteiger partial charge in [-0.3, -0.25) is 0 Å². The van der Waals surface area contributed by atoms with E-state index in [2.05, 4.69) is 59.0 Å². The van der Waals surface area contributed by atoms with Gasteiger partial charge in [-0.15, -0.1) is 0 Å². The van der Waals surface area contributed by atoms with Crippen LogP contribution < -0.4 is 5.32 Å². The van der Waals surface area contributed by atoms with E-state index in [-0.39, 0.29) is 6.04 Å². The van der Waals surface area contributed by atoms with E-state index in [9.17, 15) is 0 Å². The van der Waals surface area contributed by atoms with Gasteiger partial charge in [0.15, 0.2) is 0 Å². The number of nitrogens with one attached hydrogen (secondary N) is 1. The zero-order valence-electron chi connectivity index (χ0n) is 14.3. The van der Waals surface area contributed by atoms with Gasteiger partial charge in [0.1, 0.15) is 11.5 Å². The Morgan fingerprint density at radius 1 is 0.905 bits per heavy atom. The first kappa shape index (κ1) is 15.8. The summed E-state index contributed by atoms with van der Waals surface area (Å²) in [6.07, 6.45) is 0.931. The van der Waals surface area contributed by atoms with Gasteiger partial charge in [-0.2, -0.15) is 0 Å². The molecule has 1 atom stereocenters. The van der Waals surface area contributed by atoms with Crippen LogP contribution in [0.2, 0.25) is 0 Å². The second-order valence-electron chi connectivity index (χ2n) is 5.92. The third-order valence-electron chi connectivity index (χ3n) is 4.95. The number of hydrogen-bond acceptors (Lipinski definition) is 2. The van der Waals surface area contributed by atoms with Gasteiger partial charge in [0.05, 0.1) is 6.04 Å². The van der Waals surface area contributed by atoms with Crippen LogP contribution in [0.15, 0.2) is 16.5 Å². The highest BCUT2D eigenvalue weighted by Gasteiger charge is 2.23. The summed E-state index contributed by atoms with van der Waals surface area (Å²) in [6, 6.07) is 4.30. The minimum atomic E-state index is 0.114. The number of furan rings is 1. The Kier molecular flexibility index (Phi) is 4.58. The molecule has 0 bridgehead atoms. The standard InChI is InChI=1S/C19H27NO/c1-8-16-9-10-17(21-16)19(20-7)18-14(5)12(3)11(2)13(4)15(18)6/h9-10,19-20H,8H2,1-7H3. The number of benzene rings is 1. The maximum absolute atomic E-state index is 6.00. The van der Waals surface area contributed by atoms with Crippen molar-refractivity contribution in [3.63, 3.8) is 0 Å². The molecule has 2 nitrogen and oxygen atoms in total. The Labute approximate surface area is 128 Å². The molecular formula is C19H27NO. The first-order valence-corrected chi connectivity index (χ1v) is 7.75. The van der Waals surface area contributed by atoms with E-state index in [0.717, 1.165) is 17.9 Å². The summed E-state index contributed by atoms with van der Waals surface area (Å²) >= 11 is 0. The van der Waals surface area contributed by atoms with Gasteiger partial charge in [0.25, 0.3) is 0 Å². The lowest BCUT2D eigenvalue weighted by molar-refractivity contribution is 0.432. The van der Waals surface area contributed by atoms with E-state index < -0.39 is 0 Å². The van der Waals surface area contributed by atoms with Crippen LogP contribution in [0.3, 0.4) is 0 Å². The average molecular weight is 285 g/mol. The topological polar surface area (TPSA) is 25.2 Å². The van der Waals surface area contributed by atoms with E-state index in [4.69, 9.17) is 4.42 Å². The highest BCUT2D eigenvalue weighted by Crippen LogP contribution is 2.34. The zero-order chi connectivity index (χ0) is 15.7. The molecule has 0 aliphatic carbocycles.